The summed E-state index contributed by atoms with van der Waals surface area (Å²) in [5.74, 6) is 0.851. The topological polar surface area (TPSA) is 58.1 Å². The molecule has 2 N–H and O–H groups in total. The van der Waals surface area contributed by atoms with Crippen LogP contribution in [0.2, 0.25) is 5.02 Å². The molecule has 176 valence electrons. The average molecular weight is 565 g/mol. The molecular weight excluding hydrogens is 527 g/mol. The van der Waals surface area contributed by atoms with Crippen LogP contribution in [0.4, 0.5) is 0 Å². The third-order valence-corrected chi connectivity index (χ3v) is 6.91. The molecule has 1 aliphatic carbocycles. The Labute approximate surface area is 209 Å². The number of methoxy groups -OCH3 is 1. The smallest absolute Gasteiger partial charge is 0.191 e. The lowest BCUT2D eigenvalue weighted by atomic mass is 9.83. The summed E-state index contributed by atoms with van der Waals surface area (Å²) < 4.78 is 10.9. The lowest BCUT2D eigenvalue weighted by molar-refractivity contribution is 0.0170. The second-order valence-corrected chi connectivity index (χ2v) is 8.85. The number of guanidine groups is 1. The summed E-state index contributed by atoms with van der Waals surface area (Å²) in [6, 6.07) is 8.31. The third kappa shape index (κ3) is 7.74. The molecule has 1 heterocycles. The van der Waals surface area contributed by atoms with Gasteiger partial charge < -0.3 is 20.1 Å². The molecule has 2 aliphatic rings. The highest BCUT2D eigenvalue weighted by atomic mass is 127. The Bertz CT molecular complexity index is 679. The SMILES string of the molecule is CN=C(NCC(c1ccccc1Cl)N1CCOCC1)NCC1(CCOC)CCCC1.I. The fourth-order valence-corrected chi connectivity index (χ4v) is 4.98. The van der Waals surface area contributed by atoms with Gasteiger partial charge in [0.2, 0.25) is 0 Å². The van der Waals surface area contributed by atoms with Crippen LogP contribution < -0.4 is 10.6 Å². The van der Waals surface area contributed by atoms with Crippen molar-refractivity contribution in [3.05, 3.63) is 34.9 Å². The molecule has 1 saturated heterocycles. The molecule has 3 rings (SSSR count). The quantitative estimate of drug-likeness (QED) is 0.269. The van der Waals surface area contributed by atoms with Crippen molar-refractivity contribution in [2.24, 2.45) is 10.4 Å². The molecule has 1 aromatic carbocycles. The van der Waals surface area contributed by atoms with E-state index in [9.17, 15) is 0 Å². The molecule has 0 bridgehead atoms. The third-order valence-electron chi connectivity index (χ3n) is 6.57. The van der Waals surface area contributed by atoms with Gasteiger partial charge in [-0.3, -0.25) is 9.89 Å². The first kappa shape index (κ1) is 26.6. The van der Waals surface area contributed by atoms with Gasteiger partial charge in [-0.15, -0.1) is 24.0 Å². The average Bonchev–Trinajstić information content (AvgIpc) is 3.25. The zero-order valence-corrected chi connectivity index (χ0v) is 22.0. The number of aliphatic imine (C=N–C) groups is 1. The van der Waals surface area contributed by atoms with E-state index in [1.165, 1.54) is 25.7 Å². The number of hydrogen-bond donors (Lipinski definition) is 2. The minimum Gasteiger partial charge on any atom is -0.385 e. The number of benzene rings is 1. The van der Waals surface area contributed by atoms with Gasteiger partial charge in [-0.1, -0.05) is 42.6 Å². The summed E-state index contributed by atoms with van der Waals surface area (Å²) >= 11 is 6.56. The highest BCUT2D eigenvalue weighted by molar-refractivity contribution is 14.0. The number of nitrogens with one attached hydrogen (secondary N) is 2. The summed E-state index contributed by atoms with van der Waals surface area (Å²) in [6.07, 6.45) is 6.24. The summed E-state index contributed by atoms with van der Waals surface area (Å²) in [5, 5.41) is 7.96. The van der Waals surface area contributed by atoms with Crippen LogP contribution in [0.5, 0.6) is 0 Å². The zero-order valence-electron chi connectivity index (χ0n) is 18.9. The van der Waals surface area contributed by atoms with Crippen molar-refractivity contribution in [3.8, 4) is 0 Å². The van der Waals surface area contributed by atoms with Crippen molar-refractivity contribution in [1.82, 2.24) is 15.5 Å². The summed E-state index contributed by atoms with van der Waals surface area (Å²) in [4.78, 5) is 6.93. The van der Waals surface area contributed by atoms with E-state index in [0.717, 1.165) is 69.0 Å². The van der Waals surface area contributed by atoms with Gasteiger partial charge in [-0.05, 0) is 36.3 Å². The Morgan fingerprint density at radius 1 is 1.23 bits per heavy atom. The van der Waals surface area contributed by atoms with Gasteiger partial charge in [-0.2, -0.15) is 0 Å². The standard InChI is InChI=1S/C23H37ClN4O2.HI/c1-25-22(27-18-23(11-14-29-2)9-5-6-10-23)26-17-21(28-12-15-30-16-13-28)19-7-3-4-8-20(19)24;/h3-4,7-8,21H,5-6,9-18H2,1-2H3,(H2,25,26,27);1H. The van der Waals surface area contributed by atoms with Crippen LogP contribution >= 0.6 is 35.6 Å². The van der Waals surface area contributed by atoms with Gasteiger partial charge in [0.1, 0.15) is 0 Å². The van der Waals surface area contributed by atoms with E-state index in [-0.39, 0.29) is 30.0 Å². The molecule has 31 heavy (non-hydrogen) atoms. The predicted octanol–water partition coefficient (Wildman–Crippen LogP) is 4.09. The van der Waals surface area contributed by atoms with Crippen LogP contribution in [0.15, 0.2) is 29.3 Å². The van der Waals surface area contributed by atoms with Gasteiger partial charge in [0.25, 0.3) is 0 Å². The number of ether oxygens (including phenoxy) is 2. The normalized spacial score (nSPS) is 20.2. The molecule has 8 heteroatoms. The summed E-state index contributed by atoms with van der Waals surface area (Å²) in [7, 11) is 3.63. The lowest BCUT2D eigenvalue weighted by Gasteiger charge is -2.36. The highest BCUT2D eigenvalue weighted by Gasteiger charge is 2.33. The Morgan fingerprint density at radius 3 is 2.58 bits per heavy atom. The van der Waals surface area contributed by atoms with Gasteiger partial charge in [0.15, 0.2) is 5.96 Å². The van der Waals surface area contributed by atoms with Gasteiger partial charge in [0.05, 0.1) is 19.3 Å². The van der Waals surface area contributed by atoms with Crippen LogP contribution in [0.1, 0.15) is 43.7 Å². The predicted molar refractivity (Wildman–Crippen MR) is 139 cm³/mol. The Balaban J connectivity index is 0.00000341. The van der Waals surface area contributed by atoms with Crippen LogP contribution in [-0.4, -0.2) is 71.0 Å². The van der Waals surface area contributed by atoms with Crippen molar-refractivity contribution in [2.75, 3.05) is 60.2 Å². The molecule has 1 saturated carbocycles. The number of nitrogens with zero attached hydrogens (tertiary/aromatic N) is 2. The molecule has 0 spiro atoms. The van der Waals surface area contributed by atoms with Crippen molar-refractivity contribution >= 4 is 41.5 Å². The summed E-state index contributed by atoms with van der Waals surface area (Å²) in [6.45, 7) is 5.83. The minimum absolute atomic E-state index is 0. The Morgan fingerprint density at radius 2 is 1.94 bits per heavy atom. The van der Waals surface area contributed by atoms with E-state index in [1.807, 2.05) is 19.2 Å². The molecule has 1 aromatic rings. The first-order chi connectivity index (χ1) is 14.7. The molecule has 1 unspecified atom stereocenters. The van der Waals surface area contributed by atoms with Crippen LogP contribution in [0.3, 0.4) is 0 Å². The fraction of sp³-hybridized carbons (Fsp3) is 0.696. The van der Waals surface area contributed by atoms with Gasteiger partial charge >= 0.3 is 0 Å². The van der Waals surface area contributed by atoms with E-state index in [1.54, 1.807) is 7.11 Å². The number of rotatable bonds is 9. The Kier molecular flexibility index (Phi) is 11.9. The second-order valence-electron chi connectivity index (χ2n) is 8.44. The molecule has 2 fully saturated rings. The highest BCUT2D eigenvalue weighted by Crippen LogP contribution is 2.40. The van der Waals surface area contributed by atoms with Crippen molar-refractivity contribution in [3.63, 3.8) is 0 Å². The first-order valence-electron chi connectivity index (χ1n) is 11.2. The monoisotopic (exact) mass is 564 g/mol. The number of halogens is 2. The van der Waals surface area contributed by atoms with Crippen LogP contribution in [0, 0.1) is 5.41 Å². The zero-order chi connectivity index (χ0) is 21.2. The van der Waals surface area contributed by atoms with Crippen molar-refractivity contribution in [2.45, 2.75) is 38.1 Å². The fourth-order valence-electron chi connectivity index (χ4n) is 4.71. The minimum atomic E-state index is 0. The summed E-state index contributed by atoms with van der Waals surface area (Å²) in [5.41, 5.74) is 1.47. The van der Waals surface area contributed by atoms with E-state index < -0.39 is 0 Å². The maximum atomic E-state index is 6.56. The molecule has 6 nitrogen and oxygen atoms in total. The van der Waals surface area contributed by atoms with E-state index >= 15 is 0 Å². The molecule has 0 aromatic heterocycles. The van der Waals surface area contributed by atoms with Crippen LogP contribution in [-0.2, 0) is 9.47 Å². The van der Waals surface area contributed by atoms with Crippen molar-refractivity contribution < 1.29 is 9.47 Å². The van der Waals surface area contributed by atoms with Crippen molar-refractivity contribution in [1.29, 1.82) is 0 Å². The van der Waals surface area contributed by atoms with Gasteiger partial charge in [-0.25, -0.2) is 0 Å². The second kappa shape index (κ2) is 13.8. The number of morpholine rings is 1. The molecule has 1 aliphatic heterocycles. The lowest BCUT2D eigenvalue weighted by Crippen LogP contribution is -2.48. The molecular formula is C23H38ClIN4O2. The van der Waals surface area contributed by atoms with E-state index in [0.29, 0.717) is 5.41 Å². The molecule has 1 atom stereocenters. The Hall–Kier alpha value is -0.610. The molecule has 0 radical (unpaired) electrons. The van der Waals surface area contributed by atoms with E-state index in [4.69, 9.17) is 21.1 Å². The first-order valence-corrected chi connectivity index (χ1v) is 11.5. The van der Waals surface area contributed by atoms with Crippen LogP contribution in [0.25, 0.3) is 0 Å². The largest absolute Gasteiger partial charge is 0.385 e. The number of hydrogen-bond acceptors (Lipinski definition) is 4. The maximum absolute atomic E-state index is 6.56. The van der Waals surface area contributed by atoms with Gasteiger partial charge in [0, 0.05) is 52.0 Å². The van der Waals surface area contributed by atoms with E-state index in [2.05, 4.69) is 32.7 Å². The maximum Gasteiger partial charge on any atom is 0.191 e. The molecule has 0 amide bonds.